The minimum atomic E-state index is -1.10. The molecule has 0 bridgehead atoms. The third-order valence-electron chi connectivity index (χ3n) is 8.25. The maximum absolute atomic E-state index is 15.5. The standard InChI is InChI=1S/C37H45F2N3O5/c1-10-22(4)27(25(7)33(23(5)11-2)37(44)34-35(38)30(45-8)21-31(46-9)36(34)39)19-24(6)40-28-14-13-26(42-15-17-47-18-16-42)20-29(28)41-32(43)12-3/h10,12-14,19-21,23,40H,3,6,11,15-18H2,1-2,4-5,7-9H3,(H,41,43)/b22-10-,27-19+,33-25+. The molecule has 252 valence electrons. The molecule has 8 nitrogen and oxygen atoms in total. The Morgan fingerprint density at radius 1 is 1.04 bits per heavy atom. The second kappa shape index (κ2) is 16.7. The van der Waals surface area contributed by atoms with Crippen molar-refractivity contribution < 1.29 is 32.6 Å². The van der Waals surface area contributed by atoms with Gasteiger partial charge in [0.1, 0.15) is 5.56 Å². The number of ketones is 1. The van der Waals surface area contributed by atoms with Gasteiger partial charge >= 0.3 is 0 Å². The number of carbonyl (C=O) groups is 2. The maximum atomic E-state index is 15.5. The van der Waals surface area contributed by atoms with Gasteiger partial charge in [-0.15, -0.1) is 0 Å². The van der Waals surface area contributed by atoms with Crippen LogP contribution in [-0.4, -0.2) is 52.2 Å². The van der Waals surface area contributed by atoms with Crippen molar-refractivity contribution in [3.05, 3.63) is 101 Å². The van der Waals surface area contributed by atoms with Crippen LogP contribution >= 0.6 is 0 Å². The number of hydrogen-bond donors (Lipinski definition) is 2. The normalized spacial score (nSPS) is 15.0. The van der Waals surface area contributed by atoms with E-state index in [1.54, 1.807) is 13.0 Å². The highest BCUT2D eigenvalue weighted by Gasteiger charge is 2.31. The van der Waals surface area contributed by atoms with Crippen LogP contribution in [0.25, 0.3) is 0 Å². The van der Waals surface area contributed by atoms with Crippen LogP contribution in [0.2, 0.25) is 0 Å². The zero-order chi connectivity index (χ0) is 34.8. The molecule has 1 fully saturated rings. The molecule has 2 aromatic carbocycles. The highest BCUT2D eigenvalue weighted by Crippen LogP contribution is 2.37. The number of anilines is 3. The van der Waals surface area contributed by atoms with E-state index in [9.17, 15) is 9.59 Å². The first-order chi connectivity index (χ1) is 22.4. The minimum Gasteiger partial charge on any atom is -0.494 e. The minimum absolute atomic E-state index is 0.245. The molecule has 0 saturated carbocycles. The number of benzene rings is 2. The van der Waals surface area contributed by atoms with E-state index in [0.29, 0.717) is 47.9 Å². The van der Waals surface area contributed by atoms with E-state index in [0.717, 1.165) is 30.4 Å². The summed E-state index contributed by atoms with van der Waals surface area (Å²) < 4.78 is 46.7. The van der Waals surface area contributed by atoms with Gasteiger partial charge in [-0.1, -0.05) is 33.1 Å². The molecule has 1 amide bonds. The average molecular weight is 650 g/mol. The molecule has 2 N–H and O–H groups in total. The number of nitrogens with one attached hydrogen (secondary N) is 2. The fourth-order valence-electron chi connectivity index (χ4n) is 5.34. The van der Waals surface area contributed by atoms with Crippen molar-refractivity contribution in [2.45, 2.75) is 41.0 Å². The highest BCUT2D eigenvalue weighted by molar-refractivity contribution is 6.11. The first kappa shape index (κ1) is 36.8. The molecule has 1 saturated heterocycles. The fraction of sp³-hybridized carbons (Fsp3) is 0.351. The van der Waals surface area contributed by atoms with Gasteiger partial charge in [0, 0.05) is 36.1 Å². The predicted octanol–water partition coefficient (Wildman–Crippen LogP) is 8.01. The largest absolute Gasteiger partial charge is 0.494 e. The number of rotatable bonds is 14. The number of Topliss-reactive ketones (excluding diaryl/α,β-unsaturated/α-hetero) is 1. The number of amides is 1. The summed E-state index contributed by atoms with van der Waals surface area (Å²) in [6.45, 7) is 19.7. The van der Waals surface area contributed by atoms with Gasteiger partial charge in [0.05, 0.1) is 38.8 Å². The van der Waals surface area contributed by atoms with Gasteiger partial charge in [-0.25, -0.2) is 8.78 Å². The number of hydrogen-bond acceptors (Lipinski definition) is 7. The van der Waals surface area contributed by atoms with Crippen molar-refractivity contribution in [2.24, 2.45) is 5.92 Å². The van der Waals surface area contributed by atoms with Crippen molar-refractivity contribution in [2.75, 3.05) is 56.1 Å². The highest BCUT2D eigenvalue weighted by atomic mass is 19.1. The van der Waals surface area contributed by atoms with Crippen molar-refractivity contribution >= 4 is 28.8 Å². The summed E-state index contributed by atoms with van der Waals surface area (Å²) in [6.07, 6.45) is 5.38. The van der Waals surface area contributed by atoms with Crippen LogP contribution in [0.15, 0.2) is 83.6 Å². The van der Waals surface area contributed by atoms with Crippen LogP contribution in [0.4, 0.5) is 25.8 Å². The summed E-state index contributed by atoms with van der Waals surface area (Å²) >= 11 is 0. The maximum Gasteiger partial charge on any atom is 0.247 e. The Bertz CT molecular complexity index is 1590. The number of carbonyl (C=O) groups excluding carboxylic acids is 2. The van der Waals surface area contributed by atoms with Gasteiger partial charge in [0.2, 0.25) is 5.91 Å². The molecule has 0 aromatic heterocycles. The van der Waals surface area contributed by atoms with E-state index in [2.05, 4.69) is 28.7 Å². The van der Waals surface area contributed by atoms with Crippen LogP contribution in [-0.2, 0) is 9.53 Å². The Hall–Kier alpha value is -4.70. The summed E-state index contributed by atoms with van der Waals surface area (Å²) in [5, 5.41) is 6.14. The van der Waals surface area contributed by atoms with Crippen LogP contribution in [0.3, 0.4) is 0 Å². The van der Waals surface area contributed by atoms with E-state index in [4.69, 9.17) is 14.2 Å². The molecule has 3 rings (SSSR count). The zero-order valence-corrected chi connectivity index (χ0v) is 28.3. The molecular weight excluding hydrogens is 604 g/mol. The van der Waals surface area contributed by atoms with E-state index < -0.39 is 23.0 Å². The van der Waals surface area contributed by atoms with E-state index in [1.165, 1.54) is 20.3 Å². The molecule has 0 radical (unpaired) electrons. The number of ether oxygens (including phenoxy) is 3. The quantitative estimate of drug-likeness (QED) is 0.122. The molecule has 2 aromatic rings. The SMILES string of the molecule is C=CC(=O)Nc1cc(N2CCOCC2)ccc1NC(=C)/C=C(C(\C)=C/C)/C(C)=C(/C(=O)c1c(F)c(OC)cc(OC)c1F)C(C)CC. The molecule has 10 heteroatoms. The van der Waals surface area contributed by atoms with Gasteiger partial charge in [0.25, 0.3) is 0 Å². The van der Waals surface area contributed by atoms with Crippen molar-refractivity contribution in [3.8, 4) is 11.5 Å². The molecule has 1 heterocycles. The van der Waals surface area contributed by atoms with Crippen LogP contribution in [0, 0.1) is 17.6 Å². The lowest BCUT2D eigenvalue weighted by atomic mass is 9.83. The van der Waals surface area contributed by atoms with Gasteiger partial charge in [-0.2, -0.15) is 0 Å². The van der Waals surface area contributed by atoms with Crippen LogP contribution in [0.1, 0.15) is 51.4 Å². The van der Waals surface area contributed by atoms with Crippen molar-refractivity contribution in [3.63, 3.8) is 0 Å². The first-order valence-corrected chi connectivity index (χ1v) is 15.5. The topological polar surface area (TPSA) is 89.1 Å². The molecule has 47 heavy (non-hydrogen) atoms. The summed E-state index contributed by atoms with van der Waals surface area (Å²) in [5.41, 5.74) is 3.98. The molecular formula is C37H45F2N3O5. The van der Waals surface area contributed by atoms with Crippen LogP contribution < -0.4 is 25.0 Å². The Morgan fingerprint density at radius 3 is 2.19 bits per heavy atom. The third kappa shape index (κ3) is 8.56. The lowest BCUT2D eigenvalue weighted by Crippen LogP contribution is -2.36. The number of halogens is 2. The molecule has 0 aliphatic carbocycles. The number of morpholine rings is 1. The zero-order valence-electron chi connectivity index (χ0n) is 28.3. The van der Waals surface area contributed by atoms with Crippen LogP contribution in [0.5, 0.6) is 11.5 Å². The Balaban J connectivity index is 2.13. The van der Waals surface area contributed by atoms with Gasteiger partial charge in [0.15, 0.2) is 28.9 Å². The summed E-state index contributed by atoms with van der Waals surface area (Å²) in [6, 6.07) is 6.75. The first-order valence-electron chi connectivity index (χ1n) is 15.5. The molecule has 1 aliphatic rings. The lowest BCUT2D eigenvalue weighted by molar-refractivity contribution is -0.111. The summed E-state index contributed by atoms with van der Waals surface area (Å²) in [5.74, 6) is -4.33. The average Bonchev–Trinajstić information content (AvgIpc) is 3.07. The molecule has 1 unspecified atom stereocenters. The van der Waals surface area contributed by atoms with E-state index >= 15 is 8.78 Å². The van der Waals surface area contributed by atoms with Gasteiger partial charge < -0.3 is 29.7 Å². The van der Waals surface area contributed by atoms with E-state index in [-0.39, 0.29) is 28.9 Å². The lowest BCUT2D eigenvalue weighted by Gasteiger charge is -2.29. The Labute approximate surface area is 276 Å². The van der Waals surface area contributed by atoms with E-state index in [1.807, 2.05) is 52.0 Å². The molecule has 0 spiro atoms. The van der Waals surface area contributed by atoms with Gasteiger partial charge in [-0.3, -0.25) is 9.59 Å². The molecule has 1 atom stereocenters. The fourth-order valence-corrected chi connectivity index (χ4v) is 5.34. The van der Waals surface area contributed by atoms with Gasteiger partial charge in [-0.05, 0) is 80.2 Å². The second-order valence-corrected chi connectivity index (χ2v) is 11.2. The third-order valence-corrected chi connectivity index (χ3v) is 8.25. The Kier molecular flexibility index (Phi) is 13.1. The Morgan fingerprint density at radius 2 is 1.66 bits per heavy atom. The predicted molar refractivity (Wildman–Crippen MR) is 185 cm³/mol. The number of nitrogens with zero attached hydrogens (tertiary/aromatic N) is 1. The molecule has 1 aliphatic heterocycles. The number of allylic oxidation sites excluding steroid dienone is 6. The summed E-state index contributed by atoms with van der Waals surface area (Å²) in [4.78, 5) is 28.6. The smallest absolute Gasteiger partial charge is 0.247 e. The van der Waals surface area contributed by atoms with Crippen molar-refractivity contribution in [1.29, 1.82) is 0 Å². The second-order valence-electron chi connectivity index (χ2n) is 11.2. The van der Waals surface area contributed by atoms with Crippen molar-refractivity contribution in [1.82, 2.24) is 0 Å². The monoisotopic (exact) mass is 649 g/mol. The number of methoxy groups -OCH3 is 2. The summed E-state index contributed by atoms with van der Waals surface area (Å²) in [7, 11) is 2.47.